The van der Waals surface area contributed by atoms with Crippen LogP contribution in [0.25, 0.3) is 0 Å². The Balaban J connectivity index is 2.63. The third-order valence-corrected chi connectivity index (χ3v) is 4.46. The molecule has 0 aliphatic rings. The van der Waals surface area contributed by atoms with Crippen molar-refractivity contribution in [3.8, 4) is 0 Å². The average Bonchev–Trinajstić information content (AvgIpc) is 2.64. The van der Waals surface area contributed by atoms with Crippen LogP contribution in [-0.4, -0.2) is 11.5 Å². The molecule has 0 saturated carbocycles. The molecule has 1 unspecified atom stereocenters. The fraction of sp³-hybridized carbons (Fsp3) is 0.800. The van der Waals surface area contributed by atoms with Crippen molar-refractivity contribution >= 4 is 11.3 Å². The Bertz CT molecular complexity index is 363. The van der Waals surface area contributed by atoms with Crippen molar-refractivity contribution < 1.29 is 0 Å². The van der Waals surface area contributed by atoms with E-state index in [9.17, 15) is 0 Å². The molecule has 0 spiro atoms. The molecule has 2 nitrogen and oxygen atoms in total. The van der Waals surface area contributed by atoms with Crippen LogP contribution in [0, 0.1) is 12.3 Å². The van der Waals surface area contributed by atoms with Crippen LogP contribution in [0.1, 0.15) is 69.1 Å². The predicted molar refractivity (Wildman–Crippen MR) is 81.3 cm³/mol. The van der Waals surface area contributed by atoms with E-state index in [0.29, 0.717) is 11.5 Å². The summed E-state index contributed by atoms with van der Waals surface area (Å²) in [6.45, 7) is 14.5. The molecule has 0 aliphatic carbocycles. The van der Waals surface area contributed by atoms with E-state index in [1.165, 1.54) is 28.4 Å². The molecule has 1 aromatic heterocycles. The maximum atomic E-state index is 4.72. The highest BCUT2D eigenvalue weighted by atomic mass is 32.1. The van der Waals surface area contributed by atoms with Gasteiger partial charge in [-0.2, -0.15) is 0 Å². The van der Waals surface area contributed by atoms with Crippen molar-refractivity contribution in [1.29, 1.82) is 0 Å². The molecular formula is C15H28N2S. The summed E-state index contributed by atoms with van der Waals surface area (Å²) >= 11 is 1.89. The second kappa shape index (κ2) is 6.67. The highest BCUT2D eigenvalue weighted by Gasteiger charge is 2.16. The van der Waals surface area contributed by atoms with Crippen LogP contribution in [-0.2, 0) is 6.42 Å². The van der Waals surface area contributed by atoms with Gasteiger partial charge < -0.3 is 5.32 Å². The molecule has 0 radical (unpaired) electrons. The van der Waals surface area contributed by atoms with Gasteiger partial charge >= 0.3 is 0 Å². The standard InChI is InChI=1S/C15H28N2S/c1-7-10-16-11(2)14-12(3)17-13(18-14)8-9-15(4,5)6/h11,16H,7-10H2,1-6H3. The van der Waals surface area contributed by atoms with Gasteiger partial charge in [0, 0.05) is 10.9 Å². The summed E-state index contributed by atoms with van der Waals surface area (Å²) in [7, 11) is 0. The number of hydrogen-bond acceptors (Lipinski definition) is 3. The first kappa shape index (κ1) is 15.6. The molecule has 104 valence electrons. The molecule has 0 fully saturated rings. The first-order valence-electron chi connectivity index (χ1n) is 7.03. The summed E-state index contributed by atoms with van der Waals surface area (Å²) in [4.78, 5) is 6.13. The minimum atomic E-state index is 0.395. The SMILES string of the molecule is CCCNC(C)c1sc(CCC(C)(C)C)nc1C. The first-order valence-corrected chi connectivity index (χ1v) is 7.84. The summed E-state index contributed by atoms with van der Waals surface area (Å²) in [5.41, 5.74) is 1.60. The molecular weight excluding hydrogens is 240 g/mol. The lowest BCUT2D eigenvalue weighted by molar-refractivity contribution is 0.378. The Hall–Kier alpha value is -0.410. The minimum Gasteiger partial charge on any atom is -0.309 e. The van der Waals surface area contributed by atoms with Crippen LogP contribution >= 0.6 is 11.3 Å². The van der Waals surface area contributed by atoms with Gasteiger partial charge in [0.05, 0.1) is 10.7 Å². The van der Waals surface area contributed by atoms with Crippen LogP contribution in [0.15, 0.2) is 0 Å². The van der Waals surface area contributed by atoms with Gasteiger partial charge in [-0.05, 0) is 45.1 Å². The lowest BCUT2D eigenvalue weighted by Crippen LogP contribution is -2.18. The normalized spacial score (nSPS) is 13.9. The Morgan fingerprint density at radius 2 is 2.00 bits per heavy atom. The third kappa shape index (κ3) is 5.07. The van der Waals surface area contributed by atoms with Gasteiger partial charge in [-0.3, -0.25) is 0 Å². The molecule has 0 amide bonds. The van der Waals surface area contributed by atoms with Crippen molar-refractivity contribution in [2.45, 2.75) is 66.8 Å². The largest absolute Gasteiger partial charge is 0.309 e. The van der Waals surface area contributed by atoms with Crippen molar-refractivity contribution in [2.75, 3.05) is 6.54 Å². The summed E-state index contributed by atoms with van der Waals surface area (Å²) in [5.74, 6) is 0. The van der Waals surface area contributed by atoms with Gasteiger partial charge in [0.2, 0.25) is 0 Å². The van der Waals surface area contributed by atoms with E-state index in [-0.39, 0.29) is 0 Å². The molecule has 1 atom stereocenters. The first-order chi connectivity index (χ1) is 8.33. The highest BCUT2D eigenvalue weighted by Crippen LogP contribution is 2.28. The molecule has 1 rings (SSSR count). The summed E-state index contributed by atoms with van der Waals surface area (Å²) in [6.07, 6.45) is 3.49. The number of nitrogens with one attached hydrogen (secondary N) is 1. The van der Waals surface area contributed by atoms with E-state index in [4.69, 9.17) is 4.98 Å². The maximum absolute atomic E-state index is 4.72. The molecule has 0 saturated heterocycles. The van der Waals surface area contributed by atoms with Crippen LogP contribution in [0.2, 0.25) is 0 Å². The van der Waals surface area contributed by atoms with E-state index >= 15 is 0 Å². The molecule has 0 aromatic carbocycles. The zero-order valence-electron chi connectivity index (χ0n) is 12.8. The van der Waals surface area contributed by atoms with Gasteiger partial charge in [0.15, 0.2) is 0 Å². The van der Waals surface area contributed by atoms with Crippen molar-refractivity contribution in [1.82, 2.24) is 10.3 Å². The molecule has 3 heteroatoms. The Morgan fingerprint density at radius 1 is 1.33 bits per heavy atom. The molecule has 1 aromatic rings. The van der Waals surface area contributed by atoms with E-state index in [1.54, 1.807) is 0 Å². The highest BCUT2D eigenvalue weighted by molar-refractivity contribution is 7.11. The zero-order valence-corrected chi connectivity index (χ0v) is 13.6. The van der Waals surface area contributed by atoms with Crippen LogP contribution in [0.3, 0.4) is 0 Å². The minimum absolute atomic E-state index is 0.395. The second-order valence-electron chi connectivity index (χ2n) is 6.29. The molecule has 0 bridgehead atoms. The van der Waals surface area contributed by atoms with Crippen LogP contribution in [0.5, 0.6) is 0 Å². The van der Waals surface area contributed by atoms with E-state index < -0.39 is 0 Å². The quantitative estimate of drug-likeness (QED) is 0.822. The van der Waals surface area contributed by atoms with Gasteiger partial charge in [0.25, 0.3) is 0 Å². The Labute approximate surface area is 116 Å². The number of thiazole rings is 1. The number of rotatable bonds is 6. The Morgan fingerprint density at radius 3 is 2.56 bits per heavy atom. The van der Waals surface area contributed by atoms with Crippen molar-refractivity contribution in [3.05, 3.63) is 15.6 Å². The molecule has 1 heterocycles. The van der Waals surface area contributed by atoms with Gasteiger partial charge in [-0.15, -0.1) is 11.3 Å². The van der Waals surface area contributed by atoms with Gasteiger partial charge in [0.1, 0.15) is 0 Å². The van der Waals surface area contributed by atoms with Gasteiger partial charge in [-0.25, -0.2) is 4.98 Å². The van der Waals surface area contributed by atoms with Gasteiger partial charge in [-0.1, -0.05) is 27.7 Å². The van der Waals surface area contributed by atoms with Crippen molar-refractivity contribution in [3.63, 3.8) is 0 Å². The lowest BCUT2D eigenvalue weighted by atomic mass is 9.91. The summed E-state index contributed by atoms with van der Waals surface area (Å²) in [6, 6.07) is 0.436. The fourth-order valence-corrected chi connectivity index (χ4v) is 3.00. The Kier molecular flexibility index (Phi) is 5.80. The number of hydrogen-bond donors (Lipinski definition) is 1. The zero-order chi connectivity index (χ0) is 13.8. The number of aromatic nitrogens is 1. The van der Waals surface area contributed by atoms with Crippen molar-refractivity contribution in [2.24, 2.45) is 5.41 Å². The van der Waals surface area contributed by atoms with E-state index in [0.717, 1.165) is 13.0 Å². The molecule has 18 heavy (non-hydrogen) atoms. The third-order valence-electron chi connectivity index (χ3n) is 3.06. The number of aryl methyl sites for hydroxylation is 2. The summed E-state index contributed by atoms with van der Waals surface area (Å²) < 4.78 is 0. The maximum Gasteiger partial charge on any atom is 0.0931 e. The fourth-order valence-electron chi connectivity index (χ4n) is 1.91. The van der Waals surface area contributed by atoms with Crippen LogP contribution in [0.4, 0.5) is 0 Å². The predicted octanol–water partition coefficient (Wildman–Crippen LogP) is 4.49. The second-order valence-corrected chi connectivity index (χ2v) is 7.41. The molecule has 1 N–H and O–H groups in total. The molecule has 0 aliphatic heterocycles. The van der Waals surface area contributed by atoms with E-state index in [1.807, 2.05) is 11.3 Å². The van der Waals surface area contributed by atoms with E-state index in [2.05, 4.69) is 46.9 Å². The summed E-state index contributed by atoms with van der Waals surface area (Å²) in [5, 5.41) is 4.84. The smallest absolute Gasteiger partial charge is 0.0931 e. The number of nitrogens with zero attached hydrogens (tertiary/aromatic N) is 1. The lowest BCUT2D eigenvalue weighted by Gasteiger charge is -2.16. The topological polar surface area (TPSA) is 24.9 Å². The monoisotopic (exact) mass is 268 g/mol. The average molecular weight is 268 g/mol. The van der Waals surface area contributed by atoms with Crippen LogP contribution < -0.4 is 5.32 Å².